The summed E-state index contributed by atoms with van der Waals surface area (Å²) < 4.78 is 0. The van der Waals surface area contributed by atoms with Gasteiger partial charge in [0.1, 0.15) is 0 Å². The van der Waals surface area contributed by atoms with Crippen LogP contribution < -0.4 is 5.32 Å². The van der Waals surface area contributed by atoms with Gasteiger partial charge in [0.05, 0.1) is 0 Å². The first kappa shape index (κ1) is 12.7. The predicted octanol–water partition coefficient (Wildman–Crippen LogP) is 2.67. The van der Waals surface area contributed by atoms with Crippen molar-refractivity contribution in [2.24, 2.45) is 0 Å². The molecule has 3 nitrogen and oxygen atoms in total. The van der Waals surface area contributed by atoms with Crippen molar-refractivity contribution in [3.05, 3.63) is 34.5 Å². The van der Waals surface area contributed by atoms with Crippen LogP contribution >= 0.6 is 0 Å². The molecule has 0 amide bonds. The Morgan fingerprint density at radius 2 is 2.00 bits per heavy atom. The van der Waals surface area contributed by atoms with Gasteiger partial charge in [-0.3, -0.25) is 0 Å². The van der Waals surface area contributed by atoms with Crippen LogP contribution in [0.1, 0.15) is 28.4 Å². The van der Waals surface area contributed by atoms with E-state index in [1.165, 1.54) is 33.3 Å². The van der Waals surface area contributed by atoms with E-state index in [9.17, 15) is 0 Å². The highest BCUT2D eigenvalue weighted by atomic mass is 15.2. The topological polar surface area (TPSA) is 31.1 Å². The van der Waals surface area contributed by atoms with Crippen molar-refractivity contribution < 1.29 is 0 Å². The van der Waals surface area contributed by atoms with E-state index in [2.05, 4.69) is 55.2 Å². The standard InChI is InChI=1S/C16H23N3/c1-10-5-6-13-15(12(3)18-16(13)11(10)2)14-9-19(4)8-7-17-14/h5-6,14,17-18H,7-9H2,1-4H3. The number of hydrogen-bond donors (Lipinski definition) is 2. The molecule has 1 aliphatic heterocycles. The summed E-state index contributed by atoms with van der Waals surface area (Å²) in [6.07, 6.45) is 0. The molecule has 0 saturated carbocycles. The van der Waals surface area contributed by atoms with Crippen LogP contribution in [0.2, 0.25) is 0 Å². The van der Waals surface area contributed by atoms with Gasteiger partial charge in [-0.2, -0.15) is 0 Å². The Morgan fingerprint density at radius 3 is 2.74 bits per heavy atom. The molecule has 0 bridgehead atoms. The number of H-pyrrole nitrogens is 1. The number of rotatable bonds is 1. The Kier molecular flexibility index (Phi) is 3.11. The SMILES string of the molecule is Cc1ccc2c(C3CN(C)CCN3)c(C)[nH]c2c1C. The Balaban J connectivity index is 2.13. The average Bonchev–Trinajstić information content (AvgIpc) is 2.71. The van der Waals surface area contributed by atoms with Crippen molar-refractivity contribution in [1.82, 2.24) is 15.2 Å². The van der Waals surface area contributed by atoms with Crippen molar-refractivity contribution in [2.75, 3.05) is 26.7 Å². The van der Waals surface area contributed by atoms with Crippen molar-refractivity contribution in [1.29, 1.82) is 0 Å². The first-order valence-corrected chi connectivity index (χ1v) is 7.08. The normalized spacial score (nSPS) is 21.2. The van der Waals surface area contributed by atoms with E-state index in [4.69, 9.17) is 0 Å². The largest absolute Gasteiger partial charge is 0.358 e. The number of nitrogens with zero attached hydrogens (tertiary/aromatic N) is 1. The predicted molar refractivity (Wildman–Crippen MR) is 80.8 cm³/mol. The zero-order valence-electron chi connectivity index (χ0n) is 12.3. The second-order valence-corrected chi connectivity index (χ2v) is 5.86. The third-order valence-electron chi connectivity index (χ3n) is 4.47. The molecule has 102 valence electrons. The lowest BCUT2D eigenvalue weighted by Crippen LogP contribution is -2.43. The van der Waals surface area contributed by atoms with Crippen LogP contribution in [0.15, 0.2) is 12.1 Å². The molecule has 2 N–H and O–H groups in total. The molecule has 19 heavy (non-hydrogen) atoms. The van der Waals surface area contributed by atoms with E-state index in [-0.39, 0.29) is 0 Å². The summed E-state index contributed by atoms with van der Waals surface area (Å²) in [5, 5.41) is 5.04. The number of aromatic amines is 1. The van der Waals surface area contributed by atoms with Gasteiger partial charge in [0.15, 0.2) is 0 Å². The van der Waals surface area contributed by atoms with Crippen LogP contribution in [0.5, 0.6) is 0 Å². The maximum absolute atomic E-state index is 3.66. The fourth-order valence-corrected chi connectivity index (χ4v) is 3.20. The summed E-state index contributed by atoms with van der Waals surface area (Å²) in [6, 6.07) is 4.95. The van der Waals surface area contributed by atoms with Gasteiger partial charge < -0.3 is 15.2 Å². The van der Waals surface area contributed by atoms with Gasteiger partial charge in [-0.15, -0.1) is 0 Å². The molecule has 1 unspecified atom stereocenters. The summed E-state index contributed by atoms with van der Waals surface area (Å²) in [5.74, 6) is 0. The van der Waals surface area contributed by atoms with Crippen molar-refractivity contribution in [3.63, 3.8) is 0 Å². The van der Waals surface area contributed by atoms with E-state index < -0.39 is 0 Å². The van der Waals surface area contributed by atoms with Gasteiger partial charge in [-0.05, 0) is 44.5 Å². The first-order valence-electron chi connectivity index (χ1n) is 7.08. The highest BCUT2D eigenvalue weighted by molar-refractivity contribution is 5.88. The molecule has 0 aliphatic carbocycles. The number of nitrogens with one attached hydrogen (secondary N) is 2. The Hall–Kier alpha value is -1.32. The van der Waals surface area contributed by atoms with Crippen LogP contribution in [-0.4, -0.2) is 36.6 Å². The Bertz CT molecular complexity index is 612. The van der Waals surface area contributed by atoms with Crippen molar-refractivity contribution >= 4 is 10.9 Å². The molecule has 0 radical (unpaired) electrons. The Morgan fingerprint density at radius 1 is 1.21 bits per heavy atom. The zero-order chi connectivity index (χ0) is 13.6. The minimum atomic E-state index is 0.439. The maximum Gasteiger partial charge on any atom is 0.0491 e. The fraction of sp³-hybridized carbons (Fsp3) is 0.500. The van der Waals surface area contributed by atoms with Crippen LogP contribution in [-0.2, 0) is 0 Å². The number of aromatic nitrogens is 1. The highest BCUT2D eigenvalue weighted by Crippen LogP contribution is 2.31. The third kappa shape index (κ3) is 2.07. The molecular formula is C16H23N3. The molecule has 1 aromatic heterocycles. The second kappa shape index (κ2) is 4.66. The Labute approximate surface area is 115 Å². The van der Waals surface area contributed by atoms with Gasteiger partial charge in [0, 0.05) is 42.3 Å². The highest BCUT2D eigenvalue weighted by Gasteiger charge is 2.23. The molecule has 2 heterocycles. The third-order valence-corrected chi connectivity index (χ3v) is 4.47. The van der Waals surface area contributed by atoms with Crippen molar-refractivity contribution in [3.8, 4) is 0 Å². The summed E-state index contributed by atoms with van der Waals surface area (Å²) in [4.78, 5) is 5.99. The van der Waals surface area contributed by atoms with E-state index in [0.29, 0.717) is 6.04 Å². The summed E-state index contributed by atoms with van der Waals surface area (Å²) in [7, 11) is 2.20. The van der Waals surface area contributed by atoms with Crippen LogP contribution in [0.25, 0.3) is 10.9 Å². The molecular weight excluding hydrogens is 234 g/mol. The number of likely N-dealkylation sites (N-methyl/N-ethyl adjacent to an activating group) is 1. The minimum Gasteiger partial charge on any atom is -0.358 e. The number of aryl methyl sites for hydroxylation is 3. The molecule has 0 spiro atoms. The van der Waals surface area contributed by atoms with Gasteiger partial charge in [0.25, 0.3) is 0 Å². The van der Waals surface area contributed by atoms with E-state index in [1.807, 2.05) is 0 Å². The van der Waals surface area contributed by atoms with E-state index in [0.717, 1.165) is 19.6 Å². The number of fused-ring (bicyclic) bond motifs is 1. The van der Waals surface area contributed by atoms with Gasteiger partial charge in [0.2, 0.25) is 0 Å². The molecule has 3 heteroatoms. The second-order valence-electron chi connectivity index (χ2n) is 5.86. The molecule has 3 rings (SSSR count). The molecule has 1 aromatic carbocycles. The van der Waals surface area contributed by atoms with Crippen LogP contribution in [0, 0.1) is 20.8 Å². The number of benzene rings is 1. The first-order chi connectivity index (χ1) is 9.08. The summed E-state index contributed by atoms with van der Waals surface area (Å²) in [5.41, 5.74) is 6.79. The summed E-state index contributed by atoms with van der Waals surface area (Å²) >= 11 is 0. The lowest BCUT2D eigenvalue weighted by molar-refractivity contribution is 0.241. The zero-order valence-corrected chi connectivity index (χ0v) is 12.3. The smallest absolute Gasteiger partial charge is 0.0491 e. The number of hydrogen-bond acceptors (Lipinski definition) is 2. The fourth-order valence-electron chi connectivity index (χ4n) is 3.20. The van der Waals surface area contributed by atoms with Crippen molar-refractivity contribution in [2.45, 2.75) is 26.8 Å². The van der Waals surface area contributed by atoms with Crippen LogP contribution in [0.3, 0.4) is 0 Å². The molecule has 1 fully saturated rings. The molecule has 1 aliphatic rings. The van der Waals surface area contributed by atoms with E-state index in [1.54, 1.807) is 0 Å². The van der Waals surface area contributed by atoms with Gasteiger partial charge >= 0.3 is 0 Å². The lowest BCUT2D eigenvalue weighted by Gasteiger charge is -2.31. The minimum absolute atomic E-state index is 0.439. The number of piperazine rings is 1. The summed E-state index contributed by atoms with van der Waals surface area (Å²) in [6.45, 7) is 9.87. The molecule has 2 aromatic rings. The average molecular weight is 257 g/mol. The monoisotopic (exact) mass is 257 g/mol. The lowest BCUT2D eigenvalue weighted by atomic mass is 9.98. The van der Waals surface area contributed by atoms with Crippen LogP contribution in [0.4, 0.5) is 0 Å². The van der Waals surface area contributed by atoms with Gasteiger partial charge in [-0.25, -0.2) is 0 Å². The van der Waals surface area contributed by atoms with Gasteiger partial charge in [-0.1, -0.05) is 12.1 Å². The maximum atomic E-state index is 3.66. The molecule has 1 atom stereocenters. The quantitative estimate of drug-likeness (QED) is 0.823. The molecule has 1 saturated heterocycles. The van der Waals surface area contributed by atoms with E-state index >= 15 is 0 Å².